The largest absolute Gasteiger partial charge is 2.00 e. The third kappa shape index (κ3) is 10.2. The predicted molar refractivity (Wildman–Crippen MR) is 206 cm³/mol. The molecule has 288 valence electrons. The van der Waals surface area contributed by atoms with Gasteiger partial charge in [-0.25, -0.2) is 16.8 Å². The molecule has 0 bridgehead atoms. The summed E-state index contributed by atoms with van der Waals surface area (Å²) < 4.78 is 68.9. The first-order chi connectivity index (χ1) is 26.4. The quantitative estimate of drug-likeness (QED) is 0.0431. The van der Waals surface area contributed by atoms with Crippen LogP contribution in [0.2, 0.25) is 0 Å². The van der Waals surface area contributed by atoms with Gasteiger partial charge in [-0.15, -0.1) is 20.5 Å². The second kappa shape index (κ2) is 18.4. The Morgan fingerprint density at radius 2 is 0.877 bits per heavy atom. The van der Waals surface area contributed by atoms with Crippen LogP contribution in [0.1, 0.15) is 25.0 Å². The number of nitro groups is 2. The van der Waals surface area contributed by atoms with E-state index in [4.69, 9.17) is 0 Å². The van der Waals surface area contributed by atoms with E-state index >= 15 is 0 Å². The van der Waals surface area contributed by atoms with E-state index in [0.717, 1.165) is 12.1 Å². The summed E-state index contributed by atoms with van der Waals surface area (Å²) in [6.45, 7) is 3.70. The molecule has 18 nitrogen and oxygen atoms in total. The SMILES string of the molecule is CCc1ccc([N+](=O)[O-])cc1N=Nc1c(O)cc(S(=O)(=O)[O-])c2ccccc12.CCc1ccc([N+](=O)[O-])cc1N=Nc1c(O)cc(S(=O)(=O)[O-])c2ccccc12.[Ba+2]. The van der Waals surface area contributed by atoms with Crippen LogP contribution in [0.4, 0.5) is 34.1 Å². The van der Waals surface area contributed by atoms with Gasteiger partial charge in [-0.05, 0) is 24.0 Å². The number of fused-ring (bicyclic) bond motifs is 2. The molecular formula is C36H28BaN6O12S2. The number of aryl methyl sites for hydroxylation is 2. The van der Waals surface area contributed by atoms with Crippen LogP contribution in [0.5, 0.6) is 11.5 Å². The molecule has 57 heavy (non-hydrogen) atoms. The Hall–Kier alpha value is -5.17. The van der Waals surface area contributed by atoms with Crippen molar-refractivity contribution in [3.8, 4) is 11.5 Å². The Morgan fingerprint density at radius 3 is 1.18 bits per heavy atom. The molecule has 21 heteroatoms. The summed E-state index contributed by atoms with van der Waals surface area (Å²) in [6, 6.07) is 22.1. The molecule has 0 aliphatic rings. The van der Waals surface area contributed by atoms with Gasteiger partial charge in [0.1, 0.15) is 43.1 Å². The minimum Gasteiger partial charge on any atom is -0.744 e. The zero-order chi connectivity index (χ0) is 40.9. The van der Waals surface area contributed by atoms with Crippen molar-refractivity contribution in [1.29, 1.82) is 0 Å². The zero-order valence-corrected chi connectivity index (χ0v) is 35.9. The van der Waals surface area contributed by atoms with E-state index < -0.39 is 51.4 Å². The van der Waals surface area contributed by atoms with Crippen molar-refractivity contribution in [1.82, 2.24) is 0 Å². The topological polar surface area (TPSA) is 291 Å². The van der Waals surface area contributed by atoms with E-state index in [1.165, 1.54) is 48.5 Å². The summed E-state index contributed by atoms with van der Waals surface area (Å²) in [7, 11) is -9.64. The molecule has 0 radical (unpaired) electrons. The fourth-order valence-corrected chi connectivity index (χ4v) is 6.98. The third-order valence-electron chi connectivity index (χ3n) is 8.29. The number of phenolic OH excluding ortho intramolecular Hbond substituents is 2. The standard InChI is InChI=1S/2C18H15N3O6S.Ba/c2*1-2-11-7-8-12(21(23)24)9-15(11)19-20-18-14-6-4-3-5-13(14)17(10-16(18)22)28(25,26)27;/h2*3-10,22H,2H2,1H3,(H,25,26,27);/q;;+2/p-2. The van der Waals surface area contributed by atoms with E-state index in [1.54, 1.807) is 36.4 Å². The van der Waals surface area contributed by atoms with E-state index in [0.29, 0.717) is 24.0 Å². The number of nitrogens with zero attached hydrogens (tertiary/aromatic N) is 6. The zero-order valence-electron chi connectivity index (χ0n) is 29.8. The van der Waals surface area contributed by atoms with E-state index in [-0.39, 0.29) is 105 Å². The molecule has 0 aliphatic heterocycles. The number of rotatable bonds is 10. The summed E-state index contributed by atoms with van der Waals surface area (Å²) in [5.41, 5.74) is 1.50. The van der Waals surface area contributed by atoms with Crippen LogP contribution in [0.25, 0.3) is 21.5 Å². The molecule has 0 aliphatic carbocycles. The molecule has 0 heterocycles. The minimum atomic E-state index is -4.82. The molecule has 0 saturated heterocycles. The van der Waals surface area contributed by atoms with Gasteiger partial charge < -0.3 is 19.3 Å². The van der Waals surface area contributed by atoms with Crippen LogP contribution in [0.3, 0.4) is 0 Å². The number of azo groups is 2. The normalized spacial score (nSPS) is 11.7. The number of hydrogen-bond acceptors (Lipinski definition) is 16. The van der Waals surface area contributed by atoms with E-state index in [2.05, 4.69) is 20.5 Å². The molecule has 0 amide bonds. The number of benzene rings is 6. The maximum absolute atomic E-state index is 11.5. The Kier molecular flexibility index (Phi) is 14.4. The van der Waals surface area contributed by atoms with Crippen LogP contribution < -0.4 is 0 Å². The van der Waals surface area contributed by atoms with Gasteiger partial charge >= 0.3 is 48.9 Å². The molecule has 0 spiro atoms. The van der Waals surface area contributed by atoms with Gasteiger partial charge in [-0.3, -0.25) is 20.2 Å². The minimum absolute atomic E-state index is 0. The molecule has 0 unspecified atom stereocenters. The molecule has 6 rings (SSSR count). The van der Waals surface area contributed by atoms with Gasteiger partial charge in [0, 0.05) is 57.9 Å². The summed E-state index contributed by atoms with van der Waals surface area (Å²) >= 11 is 0. The van der Waals surface area contributed by atoms with E-state index in [1.807, 2.05) is 13.8 Å². The summed E-state index contributed by atoms with van der Waals surface area (Å²) in [6.07, 6.45) is 1.10. The molecule has 0 aromatic heterocycles. The first-order valence-corrected chi connectivity index (χ1v) is 19.1. The Balaban J connectivity index is 0.000000248. The first-order valence-electron chi connectivity index (χ1n) is 16.2. The molecule has 0 fully saturated rings. The van der Waals surface area contributed by atoms with Gasteiger partial charge in [-0.2, -0.15) is 0 Å². The van der Waals surface area contributed by atoms with Crippen molar-refractivity contribution in [2.24, 2.45) is 20.5 Å². The second-order valence-electron chi connectivity index (χ2n) is 11.7. The Morgan fingerprint density at radius 1 is 0.544 bits per heavy atom. The molecule has 6 aromatic rings. The van der Waals surface area contributed by atoms with Crippen LogP contribution >= 0.6 is 0 Å². The maximum Gasteiger partial charge on any atom is 2.00 e. The van der Waals surface area contributed by atoms with Crippen molar-refractivity contribution in [2.75, 3.05) is 0 Å². The fraction of sp³-hybridized carbons (Fsp3) is 0.111. The smallest absolute Gasteiger partial charge is 0.744 e. The molecular weight excluding hydrogens is 910 g/mol. The molecule has 0 saturated carbocycles. The van der Waals surface area contributed by atoms with Crippen molar-refractivity contribution in [3.63, 3.8) is 0 Å². The van der Waals surface area contributed by atoms with E-state index in [9.17, 15) is 56.4 Å². The number of aromatic hydroxyl groups is 2. The van der Waals surface area contributed by atoms with Gasteiger partial charge in [0.25, 0.3) is 11.4 Å². The van der Waals surface area contributed by atoms with Crippen LogP contribution in [-0.4, -0.2) is 94.9 Å². The van der Waals surface area contributed by atoms with Gasteiger partial charge in [0.05, 0.1) is 31.0 Å². The summed E-state index contributed by atoms with van der Waals surface area (Å²) in [5.74, 6) is -1.08. The van der Waals surface area contributed by atoms with Crippen molar-refractivity contribution < 1.29 is 46.0 Å². The third-order valence-corrected chi connectivity index (χ3v) is 10.0. The summed E-state index contributed by atoms with van der Waals surface area (Å²) in [5, 5.41) is 59.1. The fourth-order valence-electron chi connectivity index (χ4n) is 5.57. The molecule has 6 aromatic carbocycles. The maximum atomic E-state index is 11.5. The average molecular weight is 938 g/mol. The monoisotopic (exact) mass is 938 g/mol. The van der Waals surface area contributed by atoms with Gasteiger partial charge in [0.15, 0.2) is 0 Å². The number of non-ortho nitro benzene ring substituents is 2. The van der Waals surface area contributed by atoms with Crippen LogP contribution in [0.15, 0.2) is 127 Å². The number of nitro benzene ring substituents is 2. The Bertz CT molecular complexity index is 2640. The van der Waals surface area contributed by atoms with Crippen molar-refractivity contribution >= 4 is 125 Å². The number of phenols is 2. The number of hydrogen-bond donors (Lipinski definition) is 2. The van der Waals surface area contributed by atoms with Crippen molar-refractivity contribution in [2.45, 2.75) is 36.5 Å². The Labute approximate surface area is 364 Å². The summed E-state index contributed by atoms with van der Waals surface area (Å²) in [4.78, 5) is 19.7. The molecule has 2 N–H and O–H groups in total. The second-order valence-corrected chi connectivity index (χ2v) is 14.4. The van der Waals surface area contributed by atoms with Crippen molar-refractivity contribution in [3.05, 3.63) is 128 Å². The average Bonchev–Trinajstić information content (AvgIpc) is 3.15. The van der Waals surface area contributed by atoms with Gasteiger partial charge in [0.2, 0.25) is 0 Å². The predicted octanol–water partition coefficient (Wildman–Crippen LogP) is 8.29. The van der Waals surface area contributed by atoms with Crippen LogP contribution in [-0.2, 0) is 33.1 Å². The van der Waals surface area contributed by atoms with Crippen LogP contribution in [0, 0.1) is 20.2 Å². The molecule has 0 atom stereocenters. The van der Waals surface area contributed by atoms with Gasteiger partial charge in [-0.1, -0.05) is 74.5 Å². The first kappa shape index (κ1) is 44.5.